The predicted molar refractivity (Wildman–Crippen MR) is 84.6 cm³/mol. The molecule has 1 aromatic heterocycles. The van der Waals surface area contributed by atoms with E-state index in [1.807, 2.05) is 11.3 Å². The van der Waals surface area contributed by atoms with E-state index in [4.69, 9.17) is 0 Å². The fourth-order valence-corrected chi connectivity index (χ4v) is 3.30. The molecular formula is C14H16INS. The van der Waals surface area contributed by atoms with Gasteiger partial charge in [0, 0.05) is 19.9 Å². The van der Waals surface area contributed by atoms with Crippen LogP contribution in [0.2, 0.25) is 0 Å². The summed E-state index contributed by atoms with van der Waals surface area (Å²) in [7, 11) is 0. The molecule has 2 aromatic rings. The lowest BCUT2D eigenvalue weighted by Crippen LogP contribution is -2.10. The van der Waals surface area contributed by atoms with Crippen molar-refractivity contribution in [1.29, 1.82) is 0 Å². The molecule has 0 saturated heterocycles. The van der Waals surface area contributed by atoms with E-state index in [2.05, 4.69) is 72.1 Å². The monoisotopic (exact) mass is 357 g/mol. The smallest absolute Gasteiger partial charge is 0.0349 e. The second-order valence-electron chi connectivity index (χ2n) is 3.96. The number of halogens is 1. The molecule has 1 heterocycles. The molecule has 0 unspecified atom stereocenters. The highest BCUT2D eigenvalue weighted by atomic mass is 127. The number of hydrogen-bond acceptors (Lipinski definition) is 2. The fraction of sp³-hybridized carbons (Fsp3) is 0.286. The van der Waals surface area contributed by atoms with Crippen molar-refractivity contribution in [1.82, 2.24) is 5.32 Å². The standard InChI is InChI=1S/C14H16INS/c1-3-16-9-11-7-8-14(17-11)12-5-4-6-13(15)10(12)2/h4-8,16H,3,9H2,1-2H3. The maximum absolute atomic E-state index is 3.36. The Labute approximate surface area is 120 Å². The van der Waals surface area contributed by atoms with Crippen molar-refractivity contribution in [2.24, 2.45) is 0 Å². The van der Waals surface area contributed by atoms with Crippen molar-refractivity contribution < 1.29 is 0 Å². The van der Waals surface area contributed by atoms with Gasteiger partial charge < -0.3 is 5.32 Å². The lowest BCUT2D eigenvalue weighted by atomic mass is 10.1. The van der Waals surface area contributed by atoms with Crippen LogP contribution in [0, 0.1) is 10.5 Å². The minimum Gasteiger partial charge on any atom is -0.312 e. The number of benzene rings is 1. The Hall–Kier alpha value is -0.390. The minimum absolute atomic E-state index is 0.976. The van der Waals surface area contributed by atoms with Gasteiger partial charge in [-0.1, -0.05) is 19.1 Å². The van der Waals surface area contributed by atoms with Crippen molar-refractivity contribution >= 4 is 33.9 Å². The summed E-state index contributed by atoms with van der Waals surface area (Å²) in [6, 6.07) is 11.0. The van der Waals surface area contributed by atoms with Gasteiger partial charge >= 0.3 is 0 Å². The topological polar surface area (TPSA) is 12.0 Å². The second kappa shape index (κ2) is 5.98. The predicted octanol–water partition coefficient (Wildman–Crippen LogP) is 4.44. The van der Waals surface area contributed by atoms with Gasteiger partial charge in [-0.2, -0.15) is 0 Å². The molecule has 0 spiro atoms. The SMILES string of the molecule is CCNCc1ccc(-c2cccc(I)c2C)s1. The zero-order chi connectivity index (χ0) is 12.3. The first-order chi connectivity index (χ1) is 8.22. The zero-order valence-corrected chi connectivity index (χ0v) is 13.1. The summed E-state index contributed by atoms with van der Waals surface area (Å²) in [5, 5.41) is 3.36. The average molecular weight is 357 g/mol. The summed E-state index contributed by atoms with van der Waals surface area (Å²) in [5.74, 6) is 0. The average Bonchev–Trinajstić information content (AvgIpc) is 2.78. The minimum atomic E-state index is 0.976. The molecule has 0 radical (unpaired) electrons. The third-order valence-electron chi connectivity index (χ3n) is 2.74. The Kier molecular flexibility index (Phi) is 4.59. The molecule has 1 nitrogen and oxygen atoms in total. The van der Waals surface area contributed by atoms with Gasteiger partial charge in [-0.15, -0.1) is 11.3 Å². The van der Waals surface area contributed by atoms with E-state index < -0.39 is 0 Å². The van der Waals surface area contributed by atoms with E-state index in [1.165, 1.54) is 24.5 Å². The molecule has 0 bridgehead atoms. The van der Waals surface area contributed by atoms with Crippen LogP contribution in [0.25, 0.3) is 10.4 Å². The van der Waals surface area contributed by atoms with Crippen molar-refractivity contribution in [2.45, 2.75) is 20.4 Å². The van der Waals surface area contributed by atoms with Crippen LogP contribution >= 0.6 is 33.9 Å². The highest BCUT2D eigenvalue weighted by Gasteiger charge is 2.07. The Bertz CT molecular complexity index is 505. The highest BCUT2D eigenvalue weighted by Crippen LogP contribution is 2.32. The van der Waals surface area contributed by atoms with Crippen LogP contribution in [0.15, 0.2) is 30.3 Å². The van der Waals surface area contributed by atoms with E-state index in [-0.39, 0.29) is 0 Å². The molecule has 0 amide bonds. The Morgan fingerprint density at radius 1 is 1.24 bits per heavy atom. The van der Waals surface area contributed by atoms with Crippen LogP contribution in [0.5, 0.6) is 0 Å². The van der Waals surface area contributed by atoms with Crippen LogP contribution in [-0.2, 0) is 6.54 Å². The quantitative estimate of drug-likeness (QED) is 0.798. The Balaban J connectivity index is 2.27. The van der Waals surface area contributed by atoms with Crippen LogP contribution in [0.4, 0.5) is 0 Å². The number of hydrogen-bond donors (Lipinski definition) is 1. The van der Waals surface area contributed by atoms with Crippen LogP contribution in [-0.4, -0.2) is 6.54 Å². The first-order valence-corrected chi connectivity index (χ1v) is 7.66. The molecule has 0 aliphatic carbocycles. The van der Waals surface area contributed by atoms with Gasteiger partial charge in [-0.25, -0.2) is 0 Å². The van der Waals surface area contributed by atoms with Crippen molar-refractivity contribution in [3.05, 3.63) is 44.3 Å². The second-order valence-corrected chi connectivity index (χ2v) is 6.29. The number of nitrogens with one attached hydrogen (secondary N) is 1. The van der Waals surface area contributed by atoms with Gasteiger partial charge in [-0.05, 0) is 65.4 Å². The molecule has 1 aromatic carbocycles. The molecule has 3 heteroatoms. The maximum Gasteiger partial charge on any atom is 0.0349 e. The Morgan fingerprint density at radius 3 is 2.82 bits per heavy atom. The van der Waals surface area contributed by atoms with E-state index in [9.17, 15) is 0 Å². The molecule has 90 valence electrons. The maximum atomic E-state index is 3.36. The molecule has 0 atom stereocenters. The molecular weight excluding hydrogens is 341 g/mol. The van der Waals surface area contributed by atoms with Crippen LogP contribution in [0.3, 0.4) is 0 Å². The van der Waals surface area contributed by atoms with Crippen molar-refractivity contribution in [3.63, 3.8) is 0 Å². The van der Waals surface area contributed by atoms with Gasteiger partial charge in [0.05, 0.1) is 0 Å². The fourth-order valence-electron chi connectivity index (χ4n) is 1.74. The summed E-state index contributed by atoms with van der Waals surface area (Å²) >= 11 is 4.28. The Morgan fingerprint density at radius 2 is 2.06 bits per heavy atom. The van der Waals surface area contributed by atoms with Crippen LogP contribution < -0.4 is 5.32 Å². The van der Waals surface area contributed by atoms with Gasteiger partial charge in [0.2, 0.25) is 0 Å². The molecule has 0 aliphatic heterocycles. The summed E-state index contributed by atoms with van der Waals surface area (Å²) in [6.07, 6.45) is 0. The third kappa shape index (κ3) is 3.09. The van der Waals surface area contributed by atoms with E-state index in [0.29, 0.717) is 0 Å². The van der Waals surface area contributed by atoms with Gasteiger partial charge in [0.25, 0.3) is 0 Å². The molecule has 17 heavy (non-hydrogen) atoms. The molecule has 0 saturated carbocycles. The van der Waals surface area contributed by atoms with Crippen molar-refractivity contribution in [2.75, 3.05) is 6.54 Å². The molecule has 0 aliphatic rings. The van der Waals surface area contributed by atoms with Gasteiger partial charge in [0.15, 0.2) is 0 Å². The molecule has 1 N–H and O–H groups in total. The lowest BCUT2D eigenvalue weighted by molar-refractivity contribution is 0.735. The van der Waals surface area contributed by atoms with Crippen LogP contribution in [0.1, 0.15) is 17.4 Å². The first-order valence-electron chi connectivity index (χ1n) is 5.77. The normalized spacial score (nSPS) is 10.8. The highest BCUT2D eigenvalue weighted by molar-refractivity contribution is 14.1. The summed E-state index contributed by atoms with van der Waals surface area (Å²) in [5.41, 5.74) is 2.74. The molecule has 0 fully saturated rings. The lowest BCUT2D eigenvalue weighted by Gasteiger charge is -2.05. The van der Waals surface area contributed by atoms with E-state index in [0.717, 1.165) is 13.1 Å². The number of rotatable bonds is 4. The summed E-state index contributed by atoms with van der Waals surface area (Å²) < 4.78 is 1.33. The largest absolute Gasteiger partial charge is 0.312 e. The zero-order valence-electron chi connectivity index (χ0n) is 10.1. The third-order valence-corrected chi connectivity index (χ3v) is 5.03. The molecule has 2 rings (SSSR count). The van der Waals surface area contributed by atoms with Gasteiger partial charge in [-0.3, -0.25) is 0 Å². The van der Waals surface area contributed by atoms with E-state index in [1.54, 1.807) is 0 Å². The number of thiophene rings is 1. The van der Waals surface area contributed by atoms with Gasteiger partial charge in [0.1, 0.15) is 0 Å². The van der Waals surface area contributed by atoms with E-state index >= 15 is 0 Å². The summed E-state index contributed by atoms with van der Waals surface area (Å²) in [6.45, 7) is 6.33. The summed E-state index contributed by atoms with van der Waals surface area (Å²) in [4.78, 5) is 2.77. The first kappa shape index (κ1) is 13.1. The van der Waals surface area contributed by atoms with Crippen molar-refractivity contribution in [3.8, 4) is 10.4 Å².